The quantitative estimate of drug-likeness (QED) is 0.570. The summed E-state index contributed by atoms with van der Waals surface area (Å²) in [6.45, 7) is 0.489. The van der Waals surface area contributed by atoms with Crippen LogP contribution < -0.4 is 10.6 Å². The third kappa shape index (κ3) is 5.90. The molecule has 0 fully saturated rings. The minimum absolute atomic E-state index is 0.0471. The van der Waals surface area contributed by atoms with Crippen LogP contribution in [0.2, 0.25) is 5.02 Å². The largest absolute Gasteiger partial charge is 0.356 e. The molecule has 30 heavy (non-hydrogen) atoms. The summed E-state index contributed by atoms with van der Waals surface area (Å²) in [7, 11) is 1.75. The van der Waals surface area contributed by atoms with Gasteiger partial charge in [0.05, 0.1) is 11.9 Å². The number of aromatic nitrogens is 2. The van der Waals surface area contributed by atoms with E-state index in [4.69, 9.17) is 11.6 Å². The Kier molecular flexibility index (Phi) is 7.19. The van der Waals surface area contributed by atoms with E-state index in [1.54, 1.807) is 29.9 Å². The van der Waals surface area contributed by atoms with Crippen molar-refractivity contribution in [1.29, 1.82) is 0 Å². The summed E-state index contributed by atoms with van der Waals surface area (Å²) in [6, 6.07) is 13.5. The first-order valence-electron chi connectivity index (χ1n) is 9.51. The number of nitrogens with zero attached hydrogens (tertiary/aromatic N) is 2. The lowest BCUT2D eigenvalue weighted by atomic mass is 10.1. The maximum absolute atomic E-state index is 13.1. The Balaban J connectivity index is 1.43. The highest BCUT2D eigenvalue weighted by molar-refractivity contribution is 6.30. The molecule has 0 spiro atoms. The Hall–Kier alpha value is -3.19. The van der Waals surface area contributed by atoms with E-state index in [0.29, 0.717) is 23.9 Å². The molecule has 156 valence electrons. The van der Waals surface area contributed by atoms with Crippen molar-refractivity contribution in [3.63, 3.8) is 0 Å². The predicted octanol–water partition coefficient (Wildman–Crippen LogP) is 3.96. The summed E-state index contributed by atoms with van der Waals surface area (Å²) in [4.78, 5) is 28.3. The van der Waals surface area contributed by atoms with Crippen molar-refractivity contribution in [2.24, 2.45) is 7.05 Å². The molecular weight excluding hydrogens is 407 g/mol. The second kappa shape index (κ2) is 10.0. The highest BCUT2D eigenvalue weighted by Crippen LogP contribution is 2.22. The highest BCUT2D eigenvalue weighted by atomic mass is 35.5. The number of amides is 2. The molecule has 6 nitrogen and oxygen atoms in total. The van der Waals surface area contributed by atoms with E-state index in [-0.39, 0.29) is 30.5 Å². The van der Waals surface area contributed by atoms with Gasteiger partial charge >= 0.3 is 0 Å². The highest BCUT2D eigenvalue weighted by Gasteiger charge is 2.13. The molecule has 2 aromatic carbocycles. The molecule has 0 saturated heterocycles. The second-order valence-corrected chi connectivity index (χ2v) is 7.24. The van der Waals surface area contributed by atoms with Gasteiger partial charge in [-0.1, -0.05) is 23.7 Å². The van der Waals surface area contributed by atoms with Gasteiger partial charge in [0.15, 0.2) is 0 Å². The van der Waals surface area contributed by atoms with Gasteiger partial charge in [-0.2, -0.15) is 0 Å². The lowest BCUT2D eigenvalue weighted by Crippen LogP contribution is -2.27. The van der Waals surface area contributed by atoms with Crippen LogP contribution in [0, 0.1) is 5.82 Å². The fourth-order valence-corrected chi connectivity index (χ4v) is 3.04. The standard InChI is InChI=1S/C22H22ClFN4O2/c1-28-19(16-4-8-18(24)9-5-16)14-26-22(28)27-21(30)11-10-20(29)25-13-12-15-2-6-17(23)7-3-15/h2-9,14H,10-13H2,1H3,(H,25,29)(H,26,27,30). The fourth-order valence-electron chi connectivity index (χ4n) is 2.91. The number of anilines is 1. The van der Waals surface area contributed by atoms with Crippen LogP contribution in [0.5, 0.6) is 0 Å². The third-order valence-corrected chi connectivity index (χ3v) is 4.86. The van der Waals surface area contributed by atoms with Crippen LogP contribution in [0.1, 0.15) is 18.4 Å². The zero-order chi connectivity index (χ0) is 21.5. The summed E-state index contributed by atoms with van der Waals surface area (Å²) < 4.78 is 14.8. The van der Waals surface area contributed by atoms with E-state index in [1.807, 2.05) is 24.3 Å². The monoisotopic (exact) mass is 428 g/mol. The van der Waals surface area contributed by atoms with Crippen LogP contribution in [0.15, 0.2) is 54.7 Å². The average Bonchev–Trinajstić information content (AvgIpc) is 3.09. The molecule has 0 unspecified atom stereocenters. The maximum Gasteiger partial charge on any atom is 0.227 e. The van der Waals surface area contributed by atoms with E-state index >= 15 is 0 Å². The summed E-state index contributed by atoms with van der Waals surface area (Å²) in [5.41, 5.74) is 2.60. The summed E-state index contributed by atoms with van der Waals surface area (Å²) in [5.74, 6) is -0.448. The van der Waals surface area contributed by atoms with E-state index in [1.165, 1.54) is 12.1 Å². The van der Waals surface area contributed by atoms with Crippen molar-refractivity contribution in [2.75, 3.05) is 11.9 Å². The molecule has 2 N–H and O–H groups in total. The molecule has 8 heteroatoms. The number of halogens is 2. The SMILES string of the molecule is Cn1c(-c2ccc(F)cc2)cnc1NC(=O)CCC(=O)NCCc1ccc(Cl)cc1. The van der Waals surface area contributed by atoms with Gasteiger partial charge in [0.1, 0.15) is 5.82 Å². The Morgan fingerprint density at radius 3 is 2.40 bits per heavy atom. The Labute approximate surface area is 179 Å². The van der Waals surface area contributed by atoms with Gasteiger partial charge < -0.3 is 9.88 Å². The van der Waals surface area contributed by atoms with Crippen molar-refractivity contribution in [1.82, 2.24) is 14.9 Å². The number of carbonyl (C=O) groups is 2. The zero-order valence-corrected chi connectivity index (χ0v) is 17.2. The third-order valence-electron chi connectivity index (χ3n) is 4.61. The number of nitrogens with one attached hydrogen (secondary N) is 2. The molecule has 0 atom stereocenters. The number of benzene rings is 2. The first-order chi connectivity index (χ1) is 14.4. The second-order valence-electron chi connectivity index (χ2n) is 6.81. The topological polar surface area (TPSA) is 76.0 Å². The van der Waals surface area contributed by atoms with Crippen LogP contribution >= 0.6 is 11.6 Å². The van der Waals surface area contributed by atoms with Crippen molar-refractivity contribution in [3.05, 3.63) is 71.1 Å². The lowest BCUT2D eigenvalue weighted by molar-refractivity contribution is -0.124. The van der Waals surface area contributed by atoms with Crippen molar-refractivity contribution in [2.45, 2.75) is 19.3 Å². The van der Waals surface area contributed by atoms with Gasteiger partial charge in [0.25, 0.3) is 0 Å². The molecule has 0 aliphatic rings. The van der Waals surface area contributed by atoms with Crippen molar-refractivity contribution >= 4 is 29.4 Å². The number of hydrogen-bond donors (Lipinski definition) is 2. The normalized spacial score (nSPS) is 10.6. The maximum atomic E-state index is 13.1. The minimum atomic E-state index is -0.319. The Morgan fingerprint density at radius 1 is 1.03 bits per heavy atom. The molecule has 0 saturated carbocycles. The van der Waals surface area contributed by atoms with Gasteiger partial charge in [-0.3, -0.25) is 14.9 Å². The molecule has 2 amide bonds. The number of carbonyl (C=O) groups excluding carboxylic acids is 2. The smallest absolute Gasteiger partial charge is 0.227 e. The number of hydrogen-bond acceptors (Lipinski definition) is 3. The van der Waals surface area contributed by atoms with Crippen LogP contribution in [-0.4, -0.2) is 27.9 Å². The molecule has 3 rings (SSSR count). The van der Waals surface area contributed by atoms with Crippen molar-refractivity contribution in [3.8, 4) is 11.3 Å². The van der Waals surface area contributed by atoms with E-state index in [2.05, 4.69) is 15.6 Å². The lowest BCUT2D eigenvalue weighted by Gasteiger charge is -2.08. The van der Waals surface area contributed by atoms with Gasteiger partial charge in [0.2, 0.25) is 17.8 Å². The van der Waals surface area contributed by atoms with Gasteiger partial charge in [-0.15, -0.1) is 0 Å². The first-order valence-corrected chi connectivity index (χ1v) is 9.89. The van der Waals surface area contributed by atoms with Crippen LogP contribution in [0.4, 0.5) is 10.3 Å². The minimum Gasteiger partial charge on any atom is -0.356 e. The molecule has 1 aromatic heterocycles. The Bertz CT molecular complexity index is 1020. The molecule has 0 bridgehead atoms. The first kappa shape index (κ1) is 21.5. The summed E-state index contributed by atoms with van der Waals surface area (Å²) in [6.07, 6.45) is 2.42. The average molecular weight is 429 g/mol. The molecule has 3 aromatic rings. The predicted molar refractivity (Wildman–Crippen MR) is 115 cm³/mol. The molecular formula is C22H22ClFN4O2. The van der Waals surface area contributed by atoms with Crippen LogP contribution in [-0.2, 0) is 23.1 Å². The van der Waals surface area contributed by atoms with Gasteiger partial charge in [-0.25, -0.2) is 9.37 Å². The van der Waals surface area contributed by atoms with E-state index in [0.717, 1.165) is 16.8 Å². The molecule has 0 radical (unpaired) electrons. The number of rotatable bonds is 8. The summed E-state index contributed by atoms with van der Waals surface area (Å²) >= 11 is 5.85. The summed E-state index contributed by atoms with van der Waals surface area (Å²) in [5, 5.41) is 6.18. The molecule has 1 heterocycles. The van der Waals surface area contributed by atoms with E-state index < -0.39 is 0 Å². The van der Waals surface area contributed by atoms with E-state index in [9.17, 15) is 14.0 Å². The zero-order valence-electron chi connectivity index (χ0n) is 16.5. The molecule has 0 aliphatic carbocycles. The van der Waals surface area contributed by atoms with Gasteiger partial charge in [0, 0.05) is 37.0 Å². The van der Waals surface area contributed by atoms with Crippen LogP contribution in [0.3, 0.4) is 0 Å². The number of imidazole rings is 1. The Morgan fingerprint density at radius 2 is 1.70 bits per heavy atom. The fraction of sp³-hybridized carbons (Fsp3) is 0.227. The van der Waals surface area contributed by atoms with Crippen LogP contribution in [0.25, 0.3) is 11.3 Å². The van der Waals surface area contributed by atoms with Crippen molar-refractivity contribution < 1.29 is 14.0 Å². The molecule has 0 aliphatic heterocycles. The van der Waals surface area contributed by atoms with Gasteiger partial charge in [-0.05, 0) is 48.4 Å².